The maximum atomic E-state index is 14.2. The topological polar surface area (TPSA) is 116 Å². The zero-order chi connectivity index (χ0) is 25.5. The lowest BCUT2D eigenvalue weighted by Gasteiger charge is -2.51. The van der Waals surface area contributed by atoms with E-state index in [1.165, 1.54) is 8.61 Å². The number of phenols is 1. The van der Waals surface area contributed by atoms with Gasteiger partial charge in [-0.2, -0.15) is 9.57 Å². The number of nitriles is 1. The number of nitrogens with zero attached hydrogens (tertiary/aromatic N) is 5. The molecule has 190 valence electrons. The molecule has 0 aliphatic carbocycles. The fourth-order valence-electron chi connectivity index (χ4n) is 5.18. The van der Waals surface area contributed by atoms with Gasteiger partial charge in [-0.1, -0.05) is 6.07 Å². The molecule has 1 spiro atoms. The Kier molecular flexibility index (Phi) is 6.87. The molecule has 4 rings (SSSR count). The fourth-order valence-corrected chi connectivity index (χ4v) is 7.02. The number of rotatable bonds is 5. The van der Waals surface area contributed by atoms with Crippen molar-refractivity contribution in [1.29, 1.82) is 5.26 Å². The lowest BCUT2D eigenvalue weighted by atomic mass is 9.82. The Bertz CT molecular complexity index is 1140. The number of aromatic hydroxyl groups is 1. The number of phenolic OH excluding ortho intramolecular Hbond substituents is 1. The van der Waals surface area contributed by atoms with Crippen LogP contribution in [0.5, 0.6) is 11.5 Å². The Morgan fingerprint density at radius 3 is 2.74 bits per heavy atom. The largest absolute Gasteiger partial charge is 0.504 e. The van der Waals surface area contributed by atoms with Crippen LogP contribution in [-0.2, 0) is 6.54 Å². The molecule has 3 N–H and O–H groups in total. The van der Waals surface area contributed by atoms with Gasteiger partial charge in [0.15, 0.2) is 17.2 Å². The van der Waals surface area contributed by atoms with Crippen molar-refractivity contribution >= 4 is 16.6 Å². The van der Waals surface area contributed by atoms with Gasteiger partial charge in [-0.15, -0.1) is 0 Å². The van der Waals surface area contributed by atoms with Crippen LogP contribution in [0.1, 0.15) is 44.9 Å². The summed E-state index contributed by atoms with van der Waals surface area (Å²) in [6, 6.07) is 8.50. The number of hydrogen-bond donors (Lipinski definition) is 3. The van der Waals surface area contributed by atoms with E-state index >= 15 is 0 Å². The second-order valence-electron chi connectivity index (χ2n) is 9.67. The summed E-state index contributed by atoms with van der Waals surface area (Å²) in [6.07, 6.45) is 2.04. The monoisotopic (exact) mass is 505 g/mol. The third kappa shape index (κ3) is 4.77. The minimum Gasteiger partial charge on any atom is -0.504 e. The van der Waals surface area contributed by atoms with Crippen molar-refractivity contribution in [3.8, 4) is 17.6 Å². The molecule has 2 fully saturated rings. The number of benzene rings is 1. The van der Waals surface area contributed by atoms with E-state index < -0.39 is 22.3 Å². The van der Waals surface area contributed by atoms with Crippen LogP contribution in [0, 0.1) is 17.1 Å². The Morgan fingerprint density at radius 1 is 1.34 bits per heavy atom. The number of piperidine rings is 1. The fraction of sp³-hybridized carbons (Fsp3) is 0.500. The predicted molar refractivity (Wildman–Crippen MR) is 133 cm³/mol. The van der Waals surface area contributed by atoms with Crippen molar-refractivity contribution in [2.45, 2.75) is 57.8 Å². The van der Waals surface area contributed by atoms with Crippen molar-refractivity contribution in [1.82, 2.24) is 14.2 Å². The number of likely N-dealkylation sites (tertiary alicyclic amines) is 1. The summed E-state index contributed by atoms with van der Waals surface area (Å²) in [4.78, 5) is 6.17. The molecule has 2 atom stereocenters. The van der Waals surface area contributed by atoms with E-state index in [4.69, 9.17) is 4.74 Å². The van der Waals surface area contributed by atoms with Gasteiger partial charge in [0, 0.05) is 38.8 Å². The molecular weight excluding hydrogens is 473 g/mol. The quantitative estimate of drug-likeness (QED) is 0.545. The number of ether oxygens (including phenoxy) is 1. The van der Waals surface area contributed by atoms with E-state index in [2.05, 4.69) is 16.8 Å². The van der Waals surface area contributed by atoms with Crippen molar-refractivity contribution in [2.24, 2.45) is 0 Å². The molecule has 2 saturated heterocycles. The molecule has 11 heteroatoms. The zero-order valence-electron chi connectivity index (χ0n) is 20.3. The summed E-state index contributed by atoms with van der Waals surface area (Å²) in [6.45, 7) is 7.51. The highest BCUT2D eigenvalue weighted by Gasteiger charge is 2.56. The van der Waals surface area contributed by atoms with Crippen LogP contribution in [0.15, 0.2) is 30.5 Å². The van der Waals surface area contributed by atoms with E-state index in [9.17, 15) is 23.9 Å². The molecule has 2 aromatic rings. The lowest BCUT2D eigenvalue weighted by Crippen LogP contribution is -2.57. The highest BCUT2D eigenvalue weighted by atomic mass is 32.3. The Balaban J connectivity index is 1.61. The first-order valence-corrected chi connectivity index (χ1v) is 13.0. The number of hydrogen-bond acceptors (Lipinski definition) is 9. The molecule has 0 radical (unpaired) electrons. The van der Waals surface area contributed by atoms with Crippen LogP contribution in [0.3, 0.4) is 0 Å². The van der Waals surface area contributed by atoms with Crippen LogP contribution in [0.4, 0.5) is 10.1 Å². The molecule has 9 nitrogen and oxygen atoms in total. The Labute approximate surface area is 207 Å². The predicted octanol–water partition coefficient (Wildman–Crippen LogP) is 4.34. The van der Waals surface area contributed by atoms with Crippen LogP contribution < -0.4 is 9.04 Å². The number of pyridine rings is 1. The van der Waals surface area contributed by atoms with Gasteiger partial charge in [-0.3, -0.25) is 14.0 Å². The van der Waals surface area contributed by atoms with Crippen LogP contribution >= 0.6 is 11.0 Å². The van der Waals surface area contributed by atoms with E-state index in [-0.39, 0.29) is 29.3 Å². The third-order valence-electron chi connectivity index (χ3n) is 6.71. The van der Waals surface area contributed by atoms with Gasteiger partial charge in [-0.25, -0.2) is 13.7 Å². The SMILES string of the molecule is CC(C)Oc1cc(CN2CC[C@@]3(C[C@@H]2C)CN(C)S(O)(O)N3c2cc(F)cnc2C#N)ccc1O. The van der Waals surface area contributed by atoms with Gasteiger partial charge >= 0.3 is 0 Å². The van der Waals surface area contributed by atoms with Crippen molar-refractivity contribution in [3.05, 3.63) is 47.5 Å². The number of anilines is 1. The minimum atomic E-state index is -3.45. The lowest BCUT2D eigenvalue weighted by molar-refractivity contribution is 0.100. The Hall–Kier alpha value is -2.62. The normalized spacial score (nSPS) is 25.7. The first-order valence-electron chi connectivity index (χ1n) is 11.5. The second kappa shape index (κ2) is 9.44. The Morgan fingerprint density at radius 2 is 2.09 bits per heavy atom. The van der Waals surface area contributed by atoms with Crippen LogP contribution in [0.25, 0.3) is 0 Å². The minimum absolute atomic E-state index is 0.0436. The average Bonchev–Trinajstić information content (AvgIpc) is 2.96. The van der Waals surface area contributed by atoms with Gasteiger partial charge in [-0.05, 0) is 62.3 Å². The summed E-state index contributed by atoms with van der Waals surface area (Å²) in [7, 11) is -1.83. The molecule has 0 amide bonds. The summed E-state index contributed by atoms with van der Waals surface area (Å²) in [5.41, 5.74) is 0.349. The summed E-state index contributed by atoms with van der Waals surface area (Å²) in [5, 5.41) is 19.7. The first-order chi connectivity index (χ1) is 16.5. The second-order valence-corrected chi connectivity index (χ2v) is 11.6. The molecule has 35 heavy (non-hydrogen) atoms. The third-order valence-corrected chi connectivity index (χ3v) is 8.74. The van der Waals surface area contributed by atoms with Crippen molar-refractivity contribution in [2.75, 3.05) is 24.4 Å². The molecule has 1 aromatic carbocycles. The smallest absolute Gasteiger partial charge is 0.165 e. The summed E-state index contributed by atoms with van der Waals surface area (Å²) >= 11 is 0. The van der Waals surface area contributed by atoms with Crippen molar-refractivity contribution in [3.63, 3.8) is 0 Å². The number of likely N-dealkylation sites (N-methyl/N-ethyl adjacent to an activating group) is 1. The van der Waals surface area contributed by atoms with E-state index in [1.54, 1.807) is 13.1 Å². The number of aromatic nitrogens is 1. The summed E-state index contributed by atoms with van der Waals surface area (Å²) in [5.74, 6) is -0.102. The molecule has 2 aliphatic rings. The molecule has 0 bridgehead atoms. The van der Waals surface area contributed by atoms with E-state index in [0.29, 0.717) is 38.2 Å². The van der Waals surface area contributed by atoms with Crippen molar-refractivity contribution < 1.29 is 23.3 Å². The average molecular weight is 506 g/mol. The maximum absolute atomic E-state index is 14.2. The molecular formula is C24H32FN5O4S. The molecule has 0 unspecified atom stereocenters. The van der Waals surface area contributed by atoms with Gasteiger partial charge in [0.05, 0.1) is 23.5 Å². The zero-order valence-corrected chi connectivity index (χ0v) is 21.2. The highest BCUT2D eigenvalue weighted by Crippen LogP contribution is 2.61. The first kappa shape index (κ1) is 25.5. The van der Waals surface area contributed by atoms with Gasteiger partial charge in [0.1, 0.15) is 11.9 Å². The molecule has 1 aromatic heterocycles. The highest BCUT2D eigenvalue weighted by molar-refractivity contribution is 8.23. The van der Waals surface area contributed by atoms with Crippen LogP contribution in [0.2, 0.25) is 0 Å². The standard InChI is InChI=1S/C24H32FN5O4S/c1-16(2)34-23-9-18(5-6-22(23)31)14-29-8-7-24(11-17(29)3)15-28(4)35(32,33)30(24)21-10-19(25)13-27-20(21)12-26/h5-6,9-10,13,16-17,31-33H,7-8,11,14-15H2,1-4H3/t17-,24+/m0/s1. The van der Waals surface area contributed by atoms with Gasteiger partial charge in [0.2, 0.25) is 0 Å². The molecule has 0 saturated carbocycles. The summed E-state index contributed by atoms with van der Waals surface area (Å²) < 4.78 is 45.0. The van der Waals surface area contributed by atoms with E-state index in [1.807, 2.05) is 32.0 Å². The molecule has 3 heterocycles. The van der Waals surface area contributed by atoms with E-state index in [0.717, 1.165) is 17.8 Å². The van der Waals surface area contributed by atoms with Gasteiger partial charge in [0.25, 0.3) is 0 Å². The molecule has 2 aliphatic heterocycles. The maximum Gasteiger partial charge on any atom is 0.165 e. The number of halogens is 1. The van der Waals surface area contributed by atoms with Gasteiger partial charge < -0.3 is 9.84 Å². The van der Waals surface area contributed by atoms with Crippen LogP contribution in [-0.4, -0.2) is 66.2 Å².